The van der Waals surface area contributed by atoms with Crippen molar-refractivity contribution in [2.24, 2.45) is 0 Å². The zero-order valence-electron chi connectivity index (χ0n) is 14.3. The van der Waals surface area contributed by atoms with Crippen molar-refractivity contribution in [2.45, 2.75) is 25.1 Å². The van der Waals surface area contributed by atoms with Crippen molar-refractivity contribution < 1.29 is 5.11 Å². The third-order valence-electron chi connectivity index (χ3n) is 5.13. The Morgan fingerprint density at radius 2 is 1.24 bits per heavy atom. The molecule has 2 nitrogen and oxygen atoms in total. The molecule has 3 aromatic carbocycles. The van der Waals surface area contributed by atoms with E-state index in [4.69, 9.17) is 0 Å². The van der Waals surface area contributed by atoms with Gasteiger partial charge >= 0.3 is 0 Å². The van der Waals surface area contributed by atoms with E-state index < -0.39 is 6.10 Å². The largest absolute Gasteiger partial charge is 0.386 e. The van der Waals surface area contributed by atoms with E-state index in [9.17, 15) is 5.11 Å². The van der Waals surface area contributed by atoms with E-state index >= 15 is 0 Å². The molecule has 0 saturated carbocycles. The van der Waals surface area contributed by atoms with E-state index in [-0.39, 0.29) is 6.04 Å². The standard InChI is InChI=1S/C23H23NO/c25-23(20-12-5-2-6-13-20)22(19-10-3-1-4-11-19)24-16-15-18-9-7-8-14-21(18)17-24/h1-14,22-23,25H,15-17H2. The van der Waals surface area contributed by atoms with Gasteiger partial charge in [-0.25, -0.2) is 0 Å². The summed E-state index contributed by atoms with van der Waals surface area (Å²) in [5, 5.41) is 11.2. The maximum Gasteiger partial charge on any atom is 0.0986 e. The Kier molecular flexibility index (Phi) is 4.64. The monoisotopic (exact) mass is 329 g/mol. The quantitative estimate of drug-likeness (QED) is 0.761. The summed E-state index contributed by atoms with van der Waals surface area (Å²) < 4.78 is 0. The SMILES string of the molecule is OC(c1ccccc1)C(c1ccccc1)N1CCc2ccccc2C1. The highest BCUT2D eigenvalue weighted by Gasteiger charge is 2.31. The number of aliphatic hydroxyl groups excluding tert-OH is 1. The molecular formula is C23H23NO. The minimum absolute atomic E-state index is 0.0445. The second-order valence-corrected chi connectivity index (χ2v) is 6.70. The second-order valence-electron chi connectivity index (χ2n) is 6.70. The average Bonchev–Trinajstić information content (AvgIpc) is 2.69. The molecule has 0 saturated heterocycles. The van der Waals surface area contributed by atoms with E-state index in [1.54, 1.807) is 0 Å². The van der Waals surface area contributed by atoms with Gasteiger partial charge < -0.3 is 5.11 Å². The van der Waals surface area contributed by atoms with Crippen LogP contribution in [0.1, 0.15) is 34.4 Å². The Bertz CT molecular complexity index is 816. The van der Waals surface area contributed by atoms with Gasteiger partial charge in [-0.1, -0.05) is 84.9 Å². The smallest absolute Gasteiger partial charge is 0.0986 e. The molecule has 2 unspecified atom stereocenters. The van der Waals surface area contributed by atoms with E-state index in [0.29, 0.717) is 0 Å². The van der Waals surface area contributed by atoms with Crippen molar-refractivity contribution >= 4 is 0 Å². The summed E-state index contributed by atoms with van der Waals surface area (Å²) in [6.45, 7) is 1.83. The molecule has 3 aromatic rings. The summed E-state index contributed by atoms with van der Waals surface area (Å²) in [7, 11) is 0. The van der Waals surface area contributed by atoms with E-state index in [0.717, 1.165) is 25.1 Å². The summed E-state index contributed by atoms with van der Waals surface area (Å²) in [5.74, 6) is 0. The summed E-state index contributed by atoms with van der Waals surface area (Å²) in [6, 6.07) is 29.0. The predicted molar refractivity (Wildman–Crippen MR) is 101 cm³/mol. The van der Waals surface area contributed by atoms with Crippen LogP contribution in [0.25, 0.3) is 0 Å². The maximum absolute atomic E-state index is 11.2. The fraction of sp³-hybridized carbons (Fsp3) is 0.217. The molecule has 25 heavy (non-hydrogen) atoms. The second kappa shape index (κ2) is 7.22. The van der Waals surface area contributed by atoms with Crippen LogP contribution < -0.4 is 0 Å². The van der Waals surface area contributed by atoms with Crippen molar-refractivity contribution in [3.05, 3.63) is 107 Å². The Morgan fingerprint density at radius 1 is 0.680 bits per heavy atom. The van der Waals surface area contributed by atoms with E-state index in [1.807, 2.05) is 36.4 Å². The van der Waals surface area contributed by atoms with Crippen molar-refractivity contribution in [2.75, 3.05) is 6.54 Å². The number of aliphatic hydroxyl groups is 1. The van der Waals surface area contributed by atoms with Gasteiger partial charge in [0.05, 0.1) is 12.1 Å². The highest BCUT2D eigenvalue weighted by molar-refractivity contribution is 5.31. The Labute approximate surface area is 149 Å². The molecule has 1 aliphatic heterocycles. The lowest BCUT2D eigenvalue weighted by Gasteiger charge is -2.38. The van der Waals surface area contributed by atoms with Gasteiger partial charge in [0.1, 0.15) is 0 Å². The van der Waals surface area contributed by atoms with Crippen molar-refractivity contribution in [3.63, 3.8) is 0 Å². The van der Waals surface area contributed by atoms with E-state index in [2.05, 4.69) is 53.4 Å². The summed E-state index contributed by atoms with van der Waals surface area (Å²) in [5.41, 5.74) is 4.93. The van der Waals surface area contributed by atoms with Gasteiger partial charge in [0.2, 0.25) is 0 Å². The van der Waals surface area contributed by atoms with Crippen LogP contribution in [0.4, 0.5) is 0 Å². The van der Waals surface area contributed by atoms with Gasteiger partial charge in [0, 0.05) is 13.1 Å². The Balaban J connectivity index is 1.69. The number of rotatable bonds is 4. The molecule has 0 fully saturated rings. The minimum Gasteiger partial charge on any atom is -0.386 e. The fourth-order valence-corrected chi connectivity index (χ4v) is 3.83. The topological polar surface area (TPSA) is 23.5 Å². The van der Waals surface area contributed by atoms with E-state index in [1.165, 1.54) is 16.7 Å². The van der Waals surface area contributed by atoms with Crippen LogP contribution in [-0.2, 0) is 13.0 Å². The Morgan fingerprint density at radius 3 is 1.92 bits per heavy atom. The molecule has 1 heterocycles. The van der Waals surface area contributed by atoms with Gasteiger partial charge in [-0.05, 0) is 28.7 Å². The lowest BCUT2D eigenvalue weighted by molar-refractivity contribution is 0.0390. The predicted octanol–water partition coefficient (Wildman–Crippen LogP) is 4.52. The zero-order chi connectivity index (χ0) is 17.1. The zero-order valence-corrected chi connectivity index (χ0v) is 14.3. The number of hydrogen-bond acceptors (Lipinski definition) is 2. The highest BCUT2D eigenvalue weighted by atomic mass is 16.3. The molecule has 0 radical (unpaired) electrons. The van der Waals surface area contributed by atoms with Crippen LogP contribution in [0.15, 0.2) is 84.9 Å². The summed E-state index contributed by atoms with van der Waals surface area (Å²) in [6.07, 6.45) is 0.481. The van der Waals surface area contributed by atoms with Crippen molar-refractivity contribution in [3.8, 4) is 0 Å². The molecule has 2 heteroatoms. The van der Waals surface area contributed by atoms with Crippen LogP contribution in [0.3, 0.4) is 0 Å². The summed E-state index contributed by atoms with van der Waals surface area (Å²) in [4.78, 5) is 2.41. The van der Waals surface area contributed by atoms with Crippen LogP contribution >= 0.6 is 0 Å². The summed E-state index contributed by atoms with van der Waals surface area (Å²) >= 11 is 0. The molecule has 0 amide bonds. The normalized spacial score (nSPS) is 16.8. The molecule has 0 aromatic heterocycles. The molecule has 126 valence electrons. The molecule has 2 atom stereocenters. The average molecular weight is 329 g/mol. The molecule has 0 bridgehead atoms. The third-order valence-corrected chi connectivity index (χ3v) is 5.13. The van der Waals surface area contributed by atoms with Crippen LogP contribution in [0.5, 0.6) is 0 Å². The molecule has 4 rings (SSSR count). The van der Waals surface area contributed by atoms with Crippen LogP contribution in [-0.4, -0.2) is 16.6 Å². The van der Waals surface area contributed by atoms with Gasteiger partial charge in [-0.15, -0.1) is 0 Å². The van der Waals surface area contributed by atoms with Gasteiger partial charge in [0.15, 0.2) is 0 Å². The maximum atomic E-state index is 11.2. The minimum atomic E-state index is -0.547. The van der Waals surface area contributed by atoms with Gasteiger partial charge in [-0.2, -0.15) is 0 Å². The molecule has 0 aliphatic carbocycles. The van der Waals surface area contributed by atoms with Gasteiger partial charge in [0.25, 0.3) is 0 Å². The highest BCUT2D eigenvalue weighted by Crippen LogP contribution is 2.36. The molecule has 1 N–H and O–H groups in total. The number of hydrogen-bond donors (Lipinski definition) is 1. The Hall–Kier alpha value is -2.42. The van der Waals surface area contributed by atoms with Crippen LogP contribution in [0, 0.1) is 0 Å². The number of nitrogens with zero attached hydrogens (tertiary/aromatic N) is 1. The van der Waals surface area contributed by atoms with Gasteiger partial charge in [-0.3, -0.25) is 4.90 Å². The van der Waals surface area contributed by atoms with Crippen molar-refractivity contribution in [1.82, 2.24) is 4.90 Å². The lowest BCUT2D eigenvalue weighted by atomic mass is 9.91. The molecule has 0 spiro atoms. The van der Waals surface area contributed by atoms with Crippen molar-refractivity contribution in [1.29, 1.82) is 0 Å². The molecular weight excluding hydrogens is 306 g/mol. The third kappa shape index (κ3) is 3.37. The first-order valence-corrected chi connectivity index (χ1v) is 8.92. The first-order chi connectivity index (χ1) is 12.3. The first kappa shape index (κ1) is 16.1. The number of benzene rings is 3. The number of fused-ring (bicyclic) bond motifs is 1. The first-order valence-electron chi connectivity index (χ1n) is 8.92. The fourth-order valence-electron chi connectivity index (χ4n) is 3.83. The van der Waals surface area contributed by atoms with Crippen LogP contribution in [0.2, 0.25) is 0 Å². The molecule has 1 aliphatic rings. The lowest BCUT2D eigenvalue weighted by Crippen LogP contribution is -2.37.